The fourth-order valence-electron chi connectivity index (χ4n) is 3.06. The molecular formula is C21H21BrF3NO7S. The Morgan fingerprint density at radius 1 is 1.06 bits per heavy atom. The maximum atomic E-state index is 12.6. The average molecular weight is 568 g/mol. The predicted octanol–water partition coefficient (Wildman–Crippen LogP) is 2.56. The molecule has 5 atom stereocenters. The SMILES string of the molecule is OC[C@H]1O[C@H](Oc2ccc(COC(=S)Nc3ccc(C(F)(F)F)cc3)cc2Br)[C@@H](O)[C@@H](O)[C@@H]1O. The van der Waals surface area contributed by atoms with Crippen molar-refractivity contribution in [1.29, 1.82) is 0 Å². The van der Waals surface area contributed by atoms with Gasteiger partial charge in [0.1, 0.15) is 36.8 Å². The highest BCUT2D eigenvalue weighted by molar-refractivity contribution is 9.10. The van der Waals surface area contributed by atoms with Gasteiger partial charge < -0.3 is 40.0 Å². The molecule has 2 aromatic carbocycles. The van der Waals surface area contributed by atoms with Gasteiger partial charge in [0.05, 0.1) is 16.6 Å². The summed E-state index contributed by atoms with van der Waals surface area (Å²) in [5, 5.41) is 41.7. The van der Waals surface area contributed by atoms with Crippen molar-refractivity contribution < 1.29 is 47.8 Å². The van der Waals surface area contributed by atoms with Crippen LogP contribution < -0.4 is 10.1 Å². The molecule has 8 nitrogen and oxygen atoms in total. The van der Waals surface area contributed by atoms with Crippen molar-refractivity contribution in [3.05, 3.63) is 58.1 Å². The van der Waals surface area contributed by atoms with Gasteiger partial charge in [-0.15, -0.1) is 0 Å². The summed E-state index contributed by atoms with van der Waals surface area (Å²) in [5.41, 5.74) is 0.216. The molecule has 2 aromatic rings. The van der Waals surface area contributed by atoms with Crippen molar-refractivity contribution >= 4 is 39.0 Å². The van der Waals surface area contributed by atoms with Gasteiger partial charge in [-0.25, -0.2) is 0 Å². The first-order valence-electron chi connectivity index (χ1n) is 9.86. The van der Waals surface area contributed by atoms with Crippen LogP contribution in [-0.2, 0) is 22.3 Å². The minimum absolute atomic E-state index is 0.0331. The van der Waals surface area contributed by atoms with Crippen LogP contribution in [0.1, 0.15) is 11.1 Å². The maximum absolute atomic E-state index is 12.6. The first-order valence-corrected chi connectivity index (χ1v) is 11.1. The fourth-order valence-corrected chi connectivity index (χ4v) is 3.76. The molecule has 34 heavy (non-hydrogen) atoms. The van der Waals surface area contributed by atoms with E-state index >= 15 is 0 Å². The summed E-state index contributed by atoms with van der Waals surface area (Å²) in [6.07, 6.45) is -11.5. The molecule has 0 spiro atoms. The van der Waals surface area contributed by atoms with Crippen LogP contribution in [0.15, 0.2) is 46.9 Å². The molecule has 13 heteroatoms. The zero-order valence-electron chi connectivity index (χ0n) is 17.3. The minimum Gasteiger partial charge on any atom is -0.466 e. The molecule has 1 aliphatic heterocycles. The van der Waals surface area contributed by atoms with Crippen LogP contribution in [0.3, 0.4) is 0 Å². The van der Waals surface area contributed by atoms with Crippen LogP contribution in [-0.4, -0.2) is 62.9 Å². The van der Waals surface area contributed by atoms with Crippen molar-refractivity contribution in [2.24, 2.45) is 0 Å². The van der Waals surface area contributed by atoms with Crippen molar-refractivity contribution in [2.75, 3.05) is 11.9 Å². The molecule has 1 heterocycles. The molecular weight excluding hydrogens is 547 g/mol. The number of rotatable bonds is 6. The normalized spacial score (nSPS) is 25.0. The molecule has 0 aliphatic carbocycles. The first-order chi connectivity index (χ1) is 16.0. The number of halogens is 4. The molecule has 1 fully saturated rings. The average Bonchev–Trinajstić information content (AvgIpc) is 2.79. The number of alkyl halides is 3. The van der Waals surface area contributed by atoms with E-state index in [2.05, 4.69) is 21.2 Å². The Bertz CT molecular complexity index is 993. The van der Waals surface area contributed by atoms with E-state index in [0.717, 1.165) is 12.1 Å². The van der Waals surface area contributed by atoms with Crippen molar-refractivity contribution in [3.63, 3.8) is 0 Å². The van der Waals surface area contributed by atoms with E-state index in [9.17, 15) is 33.6 Å². The quantitative estimate of drug-likeness (QED) is 0.335. The molecule has 0 aromatic heterocycles. The molecule has 0 bridgehead atoms. The van der Waals surface area contributed by atoms with Gasteiger partial charge in [0, 0.05) is 5.69 Å². The Morgan fingerprint density at radius 3 is 2.32 bits per heavy atom. The van der Waals surface area contributed by atoms with Crippen LogP contribution in [0.25, 0.3) is 0 Å². The number of aliphatic hydroxyl groups excluding tert-OH is 4. The lowest BCUT2D eigenvalue weighted by molar-refractivity contribution is -0.277. The maximum Gasteiger partial charge on any atom is 0.416 e. The zero-order valence-corrected chi connectivity index (χ0v) is 19.7. The number of thiocarbonyl (C=S) groups is 1. The highest BCUT2D eigenvalue weighted by Gasteiger charge is 2.44. The van der Waals surface area contributed by atoms with Gasteiger partial charge in [-0.2, -0.15) is 13.2 Å². The van der Waals surface area contributed by atoms with Gasteiger partial charge in [-0.1, -0.05) is 6.07 Å². The third-order valence-electron chi connectivity index (χ3n) is 4.92. The molecule has 0 radical (unpaired) electrons. The molecule has 186 valence electrons. The van der Waals surface area contributed by atoms with Crippen LogP contribution in [0, 0.1) is 0 Å². The molecule has 1 saturated heterocycles. The Labute approximate surface area is 206 Å². The topological polar surface area (TPSA) is 121 Å². The number of aliphatic hydroxyl groups is 4. The number of benzene rings is 2. The Balaban J connectivity index is 1.55. The molecule has 0 unspecified atom stereocenters. The lowest BCUT2D eigenvalue weighted by Gasteiger charge is -2.39. The van der Waals surface area contributed by atoms with Crippen molar-refractivity contribution in [1.82, 2.24) is 0 Å². The van der Waals surface area contributed by atoms with Crippen LogP contribution in [0.4, 0.5) is 18.9 Å². The summed E-state index contributed by atoms with van der Waals surface area (Å²) in [7, 11) is 0. The van der Waals surface area contributed by atoms with E-state index in [0.29, 0.717) is 15.7 Å². The number of ether oxygens (including phenoxy) is 3. The van der Waals surface area contributed by atoms with Crippen LogP contribution in [0.5, 0.6) is 5.75 Å². The van der Waals surface area contributed by atoms with E-state index in [-0.39, 0.29) is 17.5 Å². The summed E-state index contributed by atoms with van der Waals surface area (Å²) in [4.78, 5) is 0. The summed E-state index contributed by atoms with van der Waals surface area (Å²) in [6.45, 7) is -0.548. The minimum atomic E-state index is -4.43. The van der Waals surface area contributed by atoms with Crippen molar-refractivity contribution in [2.45, 2.75) is 43.5 Å². The smallest absolute Gasteiger partial charge is 0.416 e. The lowest BCUT2D eigenvalue weighted by Crippen LogP contribution is -2.60. The van der Waals surface area contributed by atoms with Crippen LogP contribution >= 0.6 is 28.1 Å². The lowest BCUT2D eigenvalue weighted by atomic mass is 9.99. The summed E-state index contributed by atoms with van der Waals surface area (Å²) in [6, 6.07) is 9.13. The summed E-state index contributed by atoms with van der Waals surface area (Å²) in [5.74, 6) is 0.249. The van der Waals surface area contributed by atoms with Gasteiger partial charge >= 0.3 is 6.18 Å². The van der Waals surface area contributed by atoms with E-state index < -0.39 is 49.1 Å². The Morgan fingerprint density at radius 2 is 1.74 bits per heavy atom. The standard InChI is InChI=1S/C21H21BrF3NO7S/c22-13-7-10(9-31-20(34)26-12-4-2-11(3-5-12)21(23,24)25)1-6-14(13)32-19-18(30)17(29)16(28)15(8-27)33-19/h1-7,15-19,27-30H,8-9H2,(H,26,34)/t15-,16-,17+,18+,19+/m1/s1. The van der Waals surface area contributed by atoms with Gasteiger partial charge in [-0.05, 0) is 70.1 Å². The molecule has 3 rings (SSSR count). The van der Waals surface area contributed by atoms with Gasteiger partial charge in [-0.3, -0.25) is 0 Å². The Kier molecular flexibility index (Phi) is 8.73. The number of nitrogens with one attached hydrogen (secondary N) is 1. The van der Waals surface area contributed by atoms with E-state index in [4.69, 9.17) is 26.4 Å². The zero-order chi connectivity index (χ0) is 25.0. The van der Waals surface area contributed by atoms with E-state index in [1.165, 1.54) is 18.2 Å². The Hall–Kier alpha value is -2.00. The largest absolute Gasteiger partial charge is 0.466 e. The monoisotopic (exact) mass is 567 g/mol. The van der Waals surface area contributed by atoms with Gasteiger partial charge in [0.15, 0.2) is 0 Å². The summed E-state index contributed by atoms with van der Waals surface area (Å²) < 4.78 is 54.7. The molecule has 0 saturated carbocycles. The highest BCUT2D eigenvalue weighted by atomic mass is 79.9. The van der Waals surface area contributed by atoms with E-state index in [1.807, 2.05) is 0 Å². The summed E-state index contributed by atoms with van der Waals surface area (Å²) >= 11 is 8.38. The first kappa shape index (κ1) is 26.6. The third-order valence-corrected chi connectivity index (χ3v) is 5.76. The fraction of sp³-hybridized carbons (Fsp3) is 0.381. The number of anilines is 1. The second-order valence-corrected chi connectivity index (χ2v) is 8.58. The third kappa shape index (κ3) is 6.56. The molecule has 0 amide bonds. The second kappa shape index (κ2) is 11.2. The molecule has 5 N–H and O–H groups in total. The van der Waals surface area contributed by atoms with E-state index in [1.54, 1.807) is 12.1 Å². The highest BCUT2D eigenvalue weighted by Crippen LogP contribution is 2.31. The van der Waals surface area contributed by atoms with Gasteiger partial charge in [0.25, 0.3) is 5.17 Å². The number of hydrogen-bond acceptors (Lipinski definition) is 8. The second-order valence-electron chi connectivity index (χ2n) is 7.36. The molecule has 1 aliphatic rings. The number of hydrogen-bond donors (Lipinski definition) is 5. The van der Waals surface area contributed by atoms with Crippen LogP contribution in [0.2, 0.25) is 0 Å². The van der Waals surface area contributed by atoms with Crippen molar-refractivity contribution in [3.8, 4) is 5.75 Å². The van der Waals surface area contributed by atoms with Gasteiger partial charge in [0.2, 0.25) is 6.29 Å². The predicted molar refractivity (Wildman–Crippen MR) is 121 cm³/mol.